The van der Waals surface area contributed by atoms with Crippen LogP contribution < -0.4 is 5.32 Å². The molecule has 1 fully saturated rings. The fraction of sp³-hybridized carbons (Fsp3) is 0.755. The van der Waals surface area contributed by atoms with E-state index in [-0.39, 0.29) is 104 Å². The summed E-state index contributed by atoms with van der Waals surface area (Å²) in [5.41, 5.74) is 0.755. The average molecular weight is 903 g/mol. The van der Waals surface area contributed by atoms with Crippen LogP contribution in [0.25, 0.3) is 0 Å². The number of amides is 4. The number of aliphatic hydroxyl groups is 1. The average Bonchev–Trinajstić information content (AvgIpc) is 3.75. The fourth-order valence-electron chi connectivity index (χ4n) is 9.11. The zero-order chi connectivity index (χ0) is 48.3. The summed E-state index contributed by atoms with van der Waals surface area (Å²) < 4.78 is 23.0. The molecule has 15 nitrogen and oxygen atoms in total. The van der Waals surface area contributed by atoms with Crippen molar-refractivity contribution in [1.82, 2.24) is 20.0 Å². The first-order valence-corrected chi connectivity index (χ1v) is 23.3. The summed E-state index contributed by atoms with van der Waals surface area (Å²) in [5, 5.41) is 13.6. The molecule has 1 aliphatic rings. The van der Waals surface area contributed by atoms with Gasteiger partial charge in [-0.2, -0.15) is 0 Å². The Morgan fingerprint density at radius 1 is 0.812 bits per heavy atom. The van der Waals surface area contributed by atoms with E-state index in [2.05, 4.69) is 5.32 Å². The third-order valence-corrected chi connectivity index (χ3v) is 13.1. The first-order chi connectivity index (χ1) is 30.2. The zero-order valence-corrected chi connectivity index (χ0v) is 41.2. The number of methoxy groups -OCH3 is 2. The van der Waals surface area contributed by atoms with Gasteiger partial charge in [-0.05, 0) is 42.1 Å². The van der Waals surface area contributed by atoms with Gasteiger partial charge in [0.2, 0.25) is 23.6 Å². The molecule has 0 bridgehead atoms. The van der Waals surface area contributed by atoms with E-state index in [9.17, 15) is 33.9 Å². The van der Waals surface area contributed by atoms with E-state index in [0.717, 1.165) is 12.0 Å². The number of rotatable bonds is 30. The van der Waals surface area contributed by atoms with E-state index >= 15 is 0 Å². The molecule has 0 saturated carbocycles. The summed E-state index contributed by atoms with van der Waals surface area (Å²) in [6.07, 6.45) is 0.177. The molecule has 15 heteroatoms. The summed E-state index contributed by atoms with van der Waals surface area (Å²) >= 11 is 0. The maximum Gasteiger partial charge on any atom is 0.248 e. The summed E-state index contributed by atoms with van der Waals surface area (Å²) in [5.74, 6) is -3.24. The SMILES string of the molecule is CC[C@H](C)[C@@H]([C@@H](CC(=O)N1CCC[C@H]1[C@H](OC)[C@@H](C)C(=O)C[C@H](C)[C@@H](O)c1ccccc1)OC)N(C)C(=O)[C@@H](CC(=O)C(C(C)C)N(C)C(=O)COCCOCCNC(C)=O)C(C)C. The minimum Gasteiger partial charge on any atom is -0.388 e. The van der Waals surface area contributed by atoms with Crippen LogP contribution in [-0.2, 0) is 47.7 Å². The van der Waals surface area contributed by atoms with E-state index in [1.165, 1.54) is 11.8 Å². The summed E-state index contributed by atoms with van der Waals surface area (Å²) in [6, 6.07) is 7.66. The molecular formula is C49H82N4O11. The monoisotopic (exact) mass is 903 g/mol. The van der Waals surface area contributed by atoms with Crippen LogP contribution in [0.4, 0.5) is 0 Å². The number of benzene rings is 1. The number of carbonyl (C=O) groups excluding carboxylic acids is 6. The second-order valence-corrected chi connectivity index (χ2v) is 18.5. The van der Waals surface area contributed by atoms with E-state index < -0.39 is 42.2 Å². The Kier molecular flexibility index (Phi) is 24.9. The van der Waals surface area contributed by atoms with Crippen LogP contribution in [-0.4, -0.2) is 153 Å². The molecule has 1 aromatic carbocycles. The largest absolute Gasteiger partial charge is 0.388 e. The van der Waals surface area contributed by atoms with Gasteiger partial charge in [0.15, 0.2) is 5.78 Å². The van der Waals surface area contributed by atoms with Gasteiger partial charge in [-0.3, -0.25) is 28.8 Å². The molecule has 1 saturated heterocycles. The van der Waals surface area contributed by atoms with Crippen LogP contribution in [0.2, 0.25) is 0 Å². The molecule has 10 atom stereocenters. The number of aliphatic hydroxyl groups excluding tert-OH is 1. The number of carbonyl (C=O) groups is 6. The highest BCUT2D eigenvalue weighted by molar-refractivity contribution is 5.93. The second-order valence-electron chi connectivity index (χ2n) is 18.5. The van der Waals surface area contributed by atoms with Crippen molar-refractivity contribution in [3.05, 3.63) is 35.9 Å². The molecule has 1 unspecified atom stereocenters. The fourth-order valence-corrected chi connectivity index (χ4v) is 9.11. The molecule has 0 aliphatic carbocycles. The third-order valence-electron chi connectivity index (χ3n) is 13.1. The lowest BCUT2D eigenvalue weighted by Crippen LogP contribution is -2.54. The van der Waals surface area contributed by atoms with Crippen molar-refractivity contribution in [3.63, 3.8) is 0 Å². The number of hydrogen-bond acceptors (Lipinski definition) is 11. The van der Waals surface area contributed by atoms with Gasteiger partial charge in [0.25, 0.3) is 0 Å². The first-order valence-electron chi connectivity index (χ1n) is 23.3. The van der Waals surface area contributed by atoms with Gasteiger partial charge in [0.1, 0.15) is 12.4 Å². The summed E-state index contributed by atoms with van der Waals surface area (Å²) in [4.78, 5) is 85.8. The Morgan fingerprint density at radius 3 is 2.02 bits per heavy atom. The Bertz CT molecular complexity index is 1610. The van der Waals surface area contributed by atoms with E-state index in [0.29, 0.717) is 32.5 Å². The molecule has 0 spiro atoms. The van der Waals surface area contributed by atoms with Crippen LogP contribution in [0.15, 0.2) is 30.3 Å². The van der Waals surface area contributed by atoms with Crippen LogP contribution in [0, 0.1) is 35.5 Å². The Hall–Kier alpha value is -3.76. The Morgan fingerprint density at radius 2 is 1.45 bits per heavy atom. The van der Waals surface area contributed by atoms with Crippen molar-refractivity contribution in [3.8, 4) is 0 Å². The topological polar surface area (TPSA) is 181 Å². The number of likely N-dealkylation sites (tertiary alicyclic amines) is 1. The molecule has 1 aromatic rings. The van der Waals surface area contributed by atoms with Crippen LogP contribution >= 0.6 is 0 Å². The first kappa shape index (κ1) is 56.4. The molecule has 364 valence electrons. The van der Waals surface area contributed by atoms with Gasteiger partial charge in [0.05, 0.1) is 62.7 Å². The quantitative estimate of drug-likeness (QED) is 0.0979. The van der Waals surface area contributed by atoms with Crippen molar-refractivity contribution in [2.24, 2.45) is 35.5 Å². The Balaban J connectivity index is 2.18. The van der Waals surface area contributed by atoms with Gasteiger partial charge in [-0.1, -0.05) is 92.1 Å². The molecule has 4 amide bonds. The van der Waals surface area contributed by atoms with Crippen molar-refractivity contribution in [1.29, 1.82) is 0 Å². The number of nitrogens with zero attached hydrogens (tertiary/aromatic N) is 3. The number of Topliss-reactive ketones (excluding diaryl/α,β-unsaturated/α-hetero) is 2. The minimum atomic E-state index is -0.791. The third kappa shape index (κ3) is 16.6. The maximum atomic E-state index is 14.6. The highest BCUT2D eigenvalue weighted by Crippen LogP contribution is 2.33. The molecule has 2 rings (SSSR count). The molecule has 1 aliphatic heterocycles. The van der Waals surface area contributed by atoms with Gasteiger partial charge < -0.3 is 44.1 Å². The van der Waals surface area contributed by atoms with Crippen molar-refractivity contribution in [2.75, 3.05) is 67.8 Å². The van der Waals surface area contributed by atoms with E-state index in [4.69, 9.17) is 18.9 Å². The molecule has 0 aromatic heterocycles. The van der Waals surface area contributed by atoms with Crippen molar-refractivity contribution < 1.29 is 52.8 Å². The van der Waals surface area contributed by atoms with E-state index in [1.54, 1.807) is 38.1 Å². The summed E-state index contributed by atoms with van der Waals surface area (Å²) in [7, 11) is 6.41. The predicted octanol–water partition coefficient (Wildman–Crippen LogP) is 5.12. The number of likely N-dealkylation sites (N-methyl/N-ethyl adjacent to an activating group) is 2. The Labute approximate surface area is 383 Å². The van der Waals surface area contributed by atoms with Gasteiger partial charge in [-0.15, -0.1) is 0 Å². The lowest BCUT2D eigenvalue weighted by atomic mass is 9.83. The molecule has 2 N–H and O–H groups in total. The van der Waals surface area contributed by atoms with Crippen LogP contribution in [0.1, 0.15) is 113 Å². The summed E-state index contributed by atoms with van der Waals surface area (Å²) in [6.45, 7) is 18.1. The van der Waals surface area contributed by atoms with Crippen molar-refractivity contribution >= 4 is 35.2 Å². The van der Waals surface area contributed by atoms with Gasteiger partial charge >= 0.3 is 0 Å². The lowest BCUT2D eigenvalue weighted by Gasteiger charge is -2.41. The number of hydrogen-bond donors (Lipinski definition) is 2. The zero-order valence-electron chi connectivity index (χ0n) is 41.2. The predicted molar refractivity (Wildman–Crippen MR) is 246 cm³/mol. The highest BCUT2D eigenvalue weighted by Gasteiger charge is 2.43. The number of nitrogens with one attached hydrogen (secondary N) is 1. The van der Waals surface area contributed by atoms with Crippen molar-refractivity contribution in [2.45, 2.75) is 137 Å². The number of ketones is 2. The standard InChI is InChI=1S/C49H82N4O11/c1-14-33(6)46(52(11)49(60)38(31(2)3)28-41(56)45(32(4)5)51(10)44(58)30-64-26-25-63-24-22-50-36(9)54)42(61-12)29-43(57)53-23-18-21-39(53)48(62-13)35(8)40(55)27-34(7)47(59)37-19-16-15-17-20-37/h15-17,19-20,31-35,38-39,42,45-48,59H,14,18,21-30H2,1-13H3,(H,50,54)/t33-,34-,35-,38-,39-,42+,45?,46-,47+,48+/m0/s1. The molecule has 64 heavy (non-hydrogen) atoms. The van der Waals surface area contributed by atoms with Crippen LogP contribution in [0.5, 0.6) is 0 Å². The lowest BCUT2D eigenvalue weighted by molar-refractivity contribution is -0.150. The second kappa shape index (κ2) is 28.3. The minimum absolute atomic E-state index is 0.00242. The maximum absolute atomic E-state index is 14.6. The van der Waals surface area contributed by atoms with Gasteiger partial charge in [0, 0.05) is 73.0 Å². The smallest absolute Gasteiger partial charge is 0.248 e. The van der Waals surface area contributed by atoms with E-state index in [1.807, 2.05) is 85.7 Å². The van der Waals surface area contributed by atoms with Gasteiger partial charge in [-0.25, -0.2) is 0 Å². The highest BCUT2D eigenvalue weighted by atomic mass is 16.5. The molecule has 0 radical (unpaired) electrons. The molecular weight excluding hydrogens is 821 g/mol. The molecule has 1 heterocycles. The normalized spacial score (nSPS) is 18.4. The number of ether oxygens (including phenoxy) is 4. The van der Waals surface area contributed by atoms with Crippen LogP contribution in [0.3, 0.4) is 0 Å².